The molecule has 2 aromatic rings. The van der Waals surface area contributed by atoms with Crippen LogP contribution in [0, 0.1) is 29.3 Å². The largest absolute Gasteiger partial charge is 0.350 e. The van der Waals surface area contributed by atoms with E-state index in [0.717, 1.165) is 25.6 Å². The van der Waals surface area contributed by atoms with Gasteiger partial charge in [0.1, 0.15) is 5.82 Å². The van der Waals surface area contributed by atoms with E-state index in [1.807, 2.05) is 0 Å². The minimum atomic E-state index is -1.42. The van der Waals surface area contributed by atoms with E-state index in [9.17, 15) is 13.2 Å². The third-order valence-corrected chi connectivity index (χ3v) is 6.35. The highest BCUT2D eigenvalue weighted by Gasteiger charge is 2.40. The molecule has 1 saturated heterocycles. The number of hydrogen-bond donors (Lipinski definition) is 2. The summed E-state index contributed by atoms with van der Waals surface area (Å²) < 4.78 is 43.1. The number of aromatic nitrogens is 3. The smallest absolute Gasteiger partial charge is 0.242 e. The zero-order valence-electron chi connectivity index (χ0n) is 14.9. The van der Waals surface area contributed by atoms with E-state index in [1.54, 1.807) is 4.68 Å². The van der Waals surface area contributed by atoms with Crippen molar-refractivity contribution < 1.29 is 13.2 Å². The van der Waals surface area contributed by atoms with Gasteiger partial charge in [0, 0.05) is 24.1 Å². The molecule has 5 rings (SSSR count). The molecule has 1 aromatic carbocycles. The first-order valence-electron chi connectivity index (χ1n) is 9.67. The van der Waals surface area contributed by atoms with Gasteiger partial charge >= 0.3 is 0 Å². The topological polar surface area (TPSA) is 54.8 Å². The second-order valence-corrected chi connectivity index (χ2v) is 7.90. The fourth-order valence-electron chi connectivity index (χ4n) is 4.99. The normalized spacial score (nSPS) is 29.6. The summed E-state index contributed by atoms with van der Waals surface area (Å²) in [6.45, 7) is 2.71. The lowest BCUT2D eigenvalue weighted by Crippen LogP contribution is -2.45. The first-order chi connectivity index (χ1) is 13.1. The summed E-state index contributed by atoms with van der Waals surface area (Å²) in [5.41, 5.74) is 0.149. The molecule has 1 aliphatic carbocycles. The molecule has 8 heteroatoms. The summed E-state index contributed by atoms with van der Waals surface area (Å²) in [5, 5.41) is 11.5. The highest BCUT2D eigenvalue weighted by atomic mass is 19.2. The second-order valence-electron chi connectivity index (χ2n) is 7.90. The lowest BCUT2D eigenvalue weighted by Gasteiger charge is -2.31. The predicted molar refractivity (Wildman–Crippen MR) is 93.9 cm³/mol. The molecule has 0 radical (unpaired) electrons. The van der Waals surface area contributed by atoms with E-state index in [-0.39, 0.29) is 5.56 Å². The van der Waals surface area contributed by atoms with Gasteiger partial charge in [-0.05, 0) is 56.7 Å². The van der Waals surface area contributed by atoms with Crippen LogP contribution in [0.5, 0.6) is 0 Å². The van der Waals surface area contributed by atoms with Crippen LogP contribution < -0.4 is 10.6 Å². The van der Waals surface area contributed by atoms with Crippen LogP contribution in [0.2, 0.25) is 0 Å². The van der Waals surface area contributed by atoms with E-state index >= 15 is 0 Å². The highest BCUT2D eigenvalue weighted by Crippen LogP contribution is 2.37. The number of halogens is 3. The van der Waals surface area contributed by atoms with Crippen LogP contribution in [-0.2, 0) is 6.54 Å². The molecule has 3 aliphatic rings. The van der Waals surface area contributed by atoms with Crippen molar-refractivity contribution >= 4 is 5.95 Å². The average molecular weight is 377 g/mol. The van der Waals surface area contributed by atoms with Gasteiger partial charge in [-0.15, -0.1) is 5.10 Å². The van der Waals surface area contributed by atoms with Gasteiger partial charge in [-0.2, -0.15) is 4.98 Å². The first-order valence-corrected chi connectivity index (χ1v) is 9.67. The van der Waals surface area contributed by atoms with Gasteiger partial charge in [-0.1, -0.05) is 6.07 Å². The molecular weight excluding hydrogens is 355 g/mol. The van der Waals surface area contributed by atoms with Gasteiger partial charge in [0.05, 0.1) is 0 Å². The van der Waals surface area contributed by atoms with Crippen molar-refractivity contribution in [2.45, 2.75) is 44.2 Å². The molecule has 2 bridgehead atoms. The number of anilines is 1. The Morgan fingerprint density at radius 3 is 2.59 bits per heavy atom. The van der Waals surface area contributed by atoms with Crippen LogP contribution in [0.15, 0.2) is 12.1 Å². The molecule has 2 aliphatic heterocycles. The Bertz CT molecular complexity index is 851. The molecular formula is C19H22F3N5. The summed E-state index contributed by atoms with van der Waals surface area (Å²) in [6, 6.07) is 2.66. The van der Waals surface area contributed by atoms with Crippen molar-refractivity contribution in [3.8, 4) is 0 Å². The SMILES string of the molecule is Fc1ccc(C2CCCn3nc(N[C@@H]4C5CC[C@H]4CNC5)nc32)c(F)c1F. The Balaban J connectivity index is 1.44. The summed E-state index contributed by atoms with van der Waals surface area (Å²) in [6.07, 6.45) is 3.83. The van der Waals surface area contributed by atoms with E-state index in [4.69, 9.17) is 0 Å². The van der Waals surface area contributed by atoms with Crippen molar-refractivity contribution in [1.29, 1.82) is 0 Å². The number of nitrogens with one attached hydrogen (secondary N) is 2. The van der Waals surface area contributed by atoms with Crippen molar-refractivity contribution in [2.75, 3.05) is 18.4 Å². The number of nitrogens with zero attached hydrogens (tertiary/aromatic N) is 3. The summed E-state index contributed by atoms with van der Waals surface area (Å²) in [4.78, 5) is 4.63. The minimum absolute atomic E-state index is 0.149. The molecule has 27 heavy (non-hydrogen) atoms. The van der Waals surface area contributed by atoms with Crippen LogP contribution in [0.25, 0.3) is 0 Å². The Morgan fingerprint density at radius 2 is 1.81 bits per heavy atom. The zero-order valence-corrected chi connectivity index (χ0v) is 14.9. The third kappa shape index (κ3) is 2.81. The maximum atomic E-state index is 14.3. The Morgan fingerprint density at radius 1 is 1.04 bits per heavy atom. The molecule has 144 valence electrons. The molecule has 5 nitrogen and oxygen atoms in total. The number of benzene rings is 1. The number of hydrogen-bond acceptors (Lipinski definition) is 4. The maximum Gasteiger partial charge on any atom is 0.242 e. The lowest BCUT2D eigenvalue weighted by molar-refractivity contribution is 0.341. The van der Waals surface area contributed by atoms with Gasteiger partial charge in [-0.3, -0.25) is 0 Å². The molecule has 2 fully saturated rings. The summed E-state index contributed by atoms with van der Waals surface area (Å²) in [5.74, 6) is -1.80. The number of aryl methyl sites for hydroxylation is 1. The van der Waals surface area contributed by atoms with Crippen molar-refractivity contribution in [2.24, 2.45) is 11.8 Å². The van der Waals surface area contributed by atoms with Gasteiger partial charge < -0.3 is 10.6 Å². The minimum Gasteiger partial charge on any atom is -0.350 e. The van der Waals surface area contributed by atoms with E-state index in [1.165, 1.54) is 18.9 Å². The van der Waals surface area contributed by atoms with E-state index in [0.29, 0.717) is 42.6 Å². The fraction of sp³-hybridized carbons (Fsp3) is 0.579. The Hall–Kier alpha value is -2.09. The molecule has 2 N–H and O–H groups in total. The standard InChI is InChI=1S/C19H22F3N5/c20-14-6-5-12(15(21)16(14)22)13-2-1-7-27-18(13)25-19(26-27)24-17-10-3-4-11(17)9-23-8-10/h5-6,10-11,13,17,23H,1-4,7-9H2,(H,24,26)/t10-,11?,13?,17-/m0/s1. The van der Waals surface area contributed by atoms with E-state index < -0.39 is 23.4 Å². The Kier molecular flexibility index (Phi) is 4.11. The predicted octanol–water partition coefficient (Wildman–Crippen LogP) is 3.03. The number of fused-ring (bicyclic) bond motifs is 3. The molecule has 2 unspecified atom stereocenters. The first kappa shape index (κ1) is 17.0. The molecule has 0 spiro atoms. The van der Waals surface area contributed by atoms with Crippen molar-refractivity contribution in [3.63, 3.8) is 0 Å². The summed E-state index contributed by atoms with van der Waals surface area (Å²) in [7, 11) is 0. The molecule has 1 saturated carbocycles. The van der Waals surface area contributed by atoms with Gasteiger partial charge in [0.25, 0.3) is 0 Å². The second kappa shape index (κ2) is 6.51. The van der Waals surface area contributed by atoms with Crippen molar-refractivity contribution in [3.05, 3.63) is 41.0 Å². The van der Waals surface area contributed by atoms with Gasteiger partial charge in [0.15, 0.2) is 17.5 Å². The van der Waals surface area contributed by atoms with Gasteiger partial charge in [-0.25, -0.2) is 17.9 Å². The van der Waals surface area contributed by atoms with E-state index in [2.05, 4.69) is 20.7 Å². The molecule has 3 heterocycles. The maximum absolute atomic E-state index is 14.3. The lowest BCUT2D eigenvalue weighted by atomic mass is 9.90. The van der Waals surface area contributed by atoms with Crippen LogP contribution >= 0.6 is 0 Å². The molecule has 0 amide bonds. The van der Waals surface area contributed by atoms with Crippen LogP contribution in [0.3, 0.4) is 0 Å². The molecule has 4 atom stereocenters. The zero-order chi connectivity index (χ0) is 18.5. The number of piperidine rings is 1. The third-order valence-electron chi connectivity index (χ3n) is 6.35. The quantitative estimate of drug-likeness (QED) is 0.808. The van der Waals surface area contributed by atoms with Crippen LogP contribution in [0.4, 0.5) is 19.1 Å². The summed E-state index contributed by atoms with van der Waals surface area (Å²) >= 11 is 0. The van der Waals surface area contributed by atoms with Crippen LogP contribution in [0.1, 0.15) is 43.0 Å². The monoisotopic (exact) mass is 377 g/mol. The Labute approximate surface area is 155 Å². The van der Waals surface area contributed by atoms with Crippen LogP contribution in [-0.4, -0.2) is 33.9 Å². The molecule has 1 aromatic heterocycles. The van der Waals surface area contributed by atoms with Gasteiger partial charge in [0.2, 0.25) is 5.95 Å². The average Bonchev–Trinajstić information content (AvgIpc) is 3.16. The van der Waals surface area contributed by atoms with Crippen molar-refractivity contribution in [1.82, 2.24) is 20.1 Å². The fourth-order valence-corrected chi connectivity index (χ4v) is 4.99. The number of rotatable bonds is 3. The highest BCUT2D eigenvalue weighted by molar-refractivity contribution is 5.34.